The molecule has 0 bridgehead atoms. The summed E-state index contributed by atoms with van der Waals surface area (Å²) in [5.74, 6) is 0.917. The Morgan fingerprint density at radius 1 is 0.950 bits per heavy atom. The highest BCUT2D eigenvalue weighted by atomic mass is 19.1. The van der Waals surface area contributed by atoms with Crippen LogP contribution in [0.2, 0.25) is 0 Å². The molecule has 0 saturated carbocycles. The minimum atomic E-state index is -0.630. The second kappa shape index (κ2) is 11.1. The van der Waals surface area contributed by atoms with Crippen LogP contribution in [0.3, 0.4) is 0 Å². The maximum Gasteiger partial charge on any atom is 0.253 e. The van der Waals surface area contributed by atoms with Gasteiger partial charge in [-0.25, -0.2) is 9.07 Å². The molecule has 0 aliphatic carbocycles. The van der Waals surface area contributed by atoms with E-state index < -0.39 is 6.04 Å². The zero-order valence-corrected chi connectivity index (χ0v) is 21.9. The Balaban J connectivity index is 1.52. The summed E-state index contributed by atoms with van der Waals surface area (Å²) in [6.45, 7) is 3.23. The van der Waals surface area contributed by atoms with Gasteiger partial charge in [0.05, 0.1) is 19.4 Å². The molecule has 0 fully saturated rings. The molecule has 8 nitrogen and oxygen atoms in total. The van der Waals surface area contributed by atoms with Crippen LogP contribution < -0.4 is 5.56 Å². The number of halogens is 1. The van der Waals surface area contributed by atoms with E-state index in [2.05, 4.69) is 25.4 Å². The normalized spacial score (nSPS) is 12.3. The smallest absolute Gasteiger partial charge is 0.253 e. The Labute approximate surface area is 229 Å². The summed E-state index contributed by atoms with van der Waals surface area (Å²) in [6, 6.07) is 27.2. The van der Waals surface area contributed by atoms with Crippen molar-refractivity contribution in [2.45, 2.75) is 32.6 Å². The molecule has 3 heterocycles. The molecule has 9 heteroatoms. The molecule has 1 atom stereocenters. The van der Waals surface area contributed by atoms with E-state index >= 15 is 0 Å². The van der Waals surface area contributed by atoms with E-state index in [1.54, 1.807) is 23.1 Å². The van der Waals surface area contributed by atoms with Gasteiger partial charge < -0.3 is 9.40 Å². The molecule has 0 aliphatic heterocycles. The molecule has 0 unspecified atom stereocenters. The van der Waals surface area contributed by atoms with Crippen molar-refractivity contribution in [3.05, 3.63) is 147 Å². The first-order chi connectivity index (χ1) is 19.5. The number of benzene rings is 3. The van der Waals surface area contributed by atoms with Gasteiger partial charge in [0.2, 0.25) is 0 Å². The van der Waals surface area contributed by atoms with Crippen molar-refractivity contribution in [3.63, 3.8) is 0 Å². The Bertz CT molecular complexity index is 1780. The van der Waals surface area contributed by atoms with Gasteiger partial charge in [-0.2, -0.15) is 0 Å². The fraction of sp³-hybridized carbons (Fsp3) is 0.161. The van der Waals surface area contributed by atoms with Crippen LogP contribution in [0.5, 0.6) is 0 Å². The lowest BCUT2D eigenvalue weighted by Crippen LogP contribution is -2.34. The Morgan fingerprint density at radius 3 is 2.55 bits per heavy atom. The monoisotopic (exact) mass is 534 g/mol. The first kappa shape index (κ1) is 25.4. The lowest BCUT2D eigenvalue weighted by molar-refractivity contribution is 0.179. The molecule has 0 radical (unpaired) electrons. The van der Waals surface area contributed by atoms with E-state index in [-0.39, 0.29) is 11.4 Å². The topological polar surface area (TPSA) is 92.8 Å². The number of aryl methyl sites for hydroxylation is 1. The molecule has 40 heavy (non-hydrogen) atoms. The van der Waals surface area contributed by atoms with Crippen molar-refractivity contribution in [2.24, 2.45) is 0 Å². The Hall–Kier alpha value is -4.89. The van der Waals surface area contributed by atoms with Crippen LogP contribution in [0.15, 0.2) is 106 Å². The Morgan fingerprint density at radius 2 is 1.77 bits per heavy atom. The molecule has 6 rings (SSSR count). The predicted octanol–water partition coefficient (Wildman–Crippen LogP) is 5.40. The quantitative estimate of drug-likeness (QED) is 0.267. The summed E-state index contributed by atoms with van der Waals surface area (Å²) in [5.41, 5.74) is 4.01. The van der Waals surface area contributed by atoms with Gasteiger partial charge in [-0.15, -0.1) is 5.10 Å². The third-order valence-electron chi connectivity index (χ3n) is 6.91. The van der Waals surface area contributed by atoms with Crippen LogP contribution >= 0.6 is 0 Å². The summed E-state index contributed by atoms with van der Waals surface area (Å²) in [4.78, 5) is 18.9. The minimum Gasteiger partial charge on any atom is -0.468 e. The van der Waals surface area contributed by atoms with Gasteiger partial charge in [0, 0.05) is 17.6 Å². The maximum atomic E-state index is 13.7. The summed E-state index contributed by atoms with van der Waals surface area (Å²) < 4.78 is 21.0. The zero-order valence-electron chi connectivity index (χ0n) is 21.9. The van der Waals surface area contributed by atoms with Crippen molar-refractivity contribution in [2.75, 3.05) is 0 Å². The lowest BCUT2D eigenvalue weighted by atomic mass is 10.0. The van der Waals surface area contributed by atoms with Crippen LogP contribution in [-0.4, -0.2) is 30.1 Å². The van der Waals surface area contributed by atoms with Gasteiger partial charge in [0.1, 0.15) is 17.6 Å². The number of hydrogen-bond donors (Lipinski definition) is 1. The van der Waals surface area contributed by atoms with E-state index in [1.165, 1.54) is 12.1 Å². The molecule has 0 amide bonds. The number of furan rings is 1. The van der Waals surface area contributed by atoms with E-state index in [0.717, 1.165) is 33.4 Å². The van der Waals surface area contributed by atoms with Crippen LogP contribution in [0.4, 0.5) is 4.39 Å². The Kier molecular flexibility index (Phi) is 7.03. The molecule has 3 aromatic heterocycles. The number of aromatic nitrogens is 5. The fourth-order valence-electron chi connectivity index (χ4n) is 4.99. The van der Waals surface area contributed by atoms with Crippen molar-refractivity contribution in [1.29, 1.82) is 0 Å². The molecule has 6 aromatic rings. The first-order valence-electron chi connectivity index (χ1n) is 13.0. The van der Waals surface area contributed by atoms with Gasteiger partial charge >= 0.3 is 0 Å². The van der Waals surface area contributed by atoms with Crippen molar-refractivity contribution in [3.8, 4) is 0 Å². The summed E-state index contributed by atoms with van der Waals surface area (Å²) in [6.07, 6.45) is 1.63. The number of hydrogen-bond acceptors (Lipinski definition) is 6. The largest absolute Gasteiger partial charge is 0.468 e. The number of rotatable bonds is 9. The van der Waals surface area contributed by atoms with E-state index in [4.69, 9.17) is 4.42 Å². The molecular weight excluding hydrogens is 507 g/mol. The van der Waals surface area contributed by atoms with Crippen molar-refractivity contribution in [1.82, 2.24) is 30.1 Å². The highest BCUT2D eigenvalue weighted by Gasteiger charge is 2.31. The maximum absolute atomic E-state index is 13.7. The lowest BCUT2D eigenvalue weighted by Gasteiger charge is -2.30. The second-order valence-corrected chi connectivity index (χ2v) is 9.84. The van der Waals surface area contributed by atoms with Crippen LogP contribution in [0, 0.1) is 12.7 Å². The molecular formula is C31H27FN6O2. The number of nitrogens with zero attached hydrogens (tertiary/aromatic N) is 5. The average Bonchev–Trinajstić information content (AvgIpc) is 3.64. The van der Waals surface area contributed by atoms with E-state index in [9.17, 15) is 9.18 Å². The van der Waals surface area contributed by atoms with Crippen molar-refractivity contribution < 1.29 is 8.81 Å². The van der Waals surface area contributed by atoms with E-state index in [1.807, 2.05) is 73.7 Å². The number of nitrogens with one attached hydrogen (secondary N) is 1. The SMILES string of the molecule is Cc1ccc2[nH]c(=O)c([C@@H](c3nnnn3Cc3ccc(F)cc3)N(Cc3ccccc3)Cc3ccco3)cc2c1. The number of aromatic amines is 1. The third kappa shape index (κ3) is 5.45. The molecule has 0 aliphatic rings. The van der Waals surface area contributed by atoms with Crippen LogP contribution in [0.25, 0.3) is 10.9 Å². The van der Waals surface area contributed by atoms with Crippen LogP contribution in [-0.2, 0) is 19.6 Å². The fourth-order valence-corrected chi connectivity index (χ4v) is 4.99. The number of tetrazole rings is 1. The highest BCUT2D eigenvalue weighted by Crippen LogP contribution is 2.30. The molecule has 0 spiro atoms. The van der Waals surface area contributed by atoms with Crippen LogP contribution in [0.1, 0.15) is 39.9 Å². The zero-order chi connectivity index (χ0) is 27.5. The number of H-pyrrole nitrogens is 1. The molecule has 1 N–H and O–H groups in total. The first-order valence-corrected chi connectivity index (χ1v) is 13.0. The number of pyridine rings is 1. The molecule has 3 aromatic carbocycles. The third-order valence-corrected chi connectivity index (χ3v) is 6.91. The second-order valence-electron chi connectivity index (χ2n) is 9.84. The standard InChI is InChI=1S/C31H27FN6O2/c1-21-9-14-28-24(16-21)17-27(31(39)33-28)29(30-34-35-36-38(30)19-23-10-12-25(32)13-11-23)37(20-26-8-5-15-40-26)18-22-6-3-2-4-7-22/h2-17,29H,18-20H2,1H3,(H,33,39)/t29-/m0/s1. The van der Waals surface area contributed by atoms with Crippen molar-refractivity contribution >= 4 is 10.9 Å². The predicted molar refractivity (Wildman–Crippen MR) is 149 cm³/mol. The summed E-state index contributed by atoms with van der Waals surface area (Å²) >= 11 is 0. The highest BCUT2D eigenvalue weighted by molar-refractivity contribution is 5.79. The van der Waals surface area contributed by atoms with Gasteiger partial charge in [-0.1, -0.05) is 54.1 Å². The average molecular weight is 535 g/mol. The summed E-state index contributed by atoms with van der Waals surface area (Å²) in [5, 5.41) is 13.6. The number of fused-ring (bicyclic) bond motifs is 1. The van der Waals surface area contributed by atoms with Gasteiger partial charge in [-0.3, -0.25) is 9.69 Å². The molecule has 0 saturated heterocycles. The minimum absolute atomic E-state index is 0.227. The summed E-state index contributed by atoms with van der Waals surface area (Å²) in [7, 11) is 0. The van der Waals surface area contributed by atoms with Gasteiger partial charge in [0.15, 0.2) is 5.82 Å². The van der Waals surface area contributed by atoms with Gasteiger partial charge in [0.25, 0.3) is 5.56 Å². The molecule has 200 valence electrons. The van der Waals surface area contributed by atoms with Gasteiger partial charge in [-0.05, 0) is 76.3 Å². The van der Waals surface area contributed by atoms with E-state index in [0.29, 0.717) is 31.0 Å².